The van der Waals surface area contributed by atoms with Crippen LogP contribution in [0.2, 0.25) is 0 Å². The van der Waals surface area contributed by atoms with Gasteiger partial charge in [-0.25, -0.2) is 24.3 Å². The Hall–Kier alpha value is -1.60. The van der Waals surface area contributed by atoms with E-state index in [4.69, 9.17) is 0 Å². The van der Waals surface area contributed by atoms with Gasteiger partial charge in [0, 0.05) is 0 Å². The molecule has 0 heterocycles. The van der Waals surface area contributed by atoms with E-state index in [-0.39, 0.29) is 17.1 Å². The van der Waals surface area contributed by atoms with E-state index in [2.05, 4.69) is 0 Å². The van der Waals surface area contributed by atoms with Crippen molar-refractivity contribution in [3.05, 3.63) is 96.1 Å². The number of hydrogen-bond acceptors (Lipinski definition) is 1. The van der Waals surface area contributed by atoms with Gasteiger partial charge >= 0.3 is 17.1 Å². The molecule has 1 atom stereocenters. The summed E-state index contributed by atoms with van der Waals surface area (Å²) in [5.41, 5.74) is 1.89. The first kappa shape index (κ1) is 15.5. The summed E-state index contributed by atoms with van der Waals surface area (Å²) in [6, 6.07) is 27.4. The molecule has 2 heteroatoms. The quantitative estimate of drug-likeness (QED) is 0.561. The van der Waals surface area contributed by atoms with Gasteiger partial charge in [-0.1, -0.05) is 30.3 Å². The number of aliphatic hydroxyl groups is 1. The minimum atomic E-state index is -0.490. The maximum Gasteiger partial charge on any atom is 2.00 e. The van der Waals surface area contributed by atoms with E-state index < -0.39 is 6.10 Å². The molecule has 98 valence electrons. The fourth-order valence-corrected chi connectivity index (χ4v) is 1.72. The van der Waals surface area contributed by atoms with Crippen LogP contribution in [0.3, 0.4) is 0 Å². The first-order valence-corrected chi connectivity index (χ1v) is 5.99. The van der Waals surface area contributed by atoms with E-state index in [1.165, 1.54) is 0 Å². The van der Waals surface area contributed by atoms with Crippen molar-refractivity contribution in [2.24, 2.45) is 0 Å². The van der Waals surface area contributed by atoms with Gasteiger partial charge in [-0.15, -0.1) is 5.56 Å². The standard InChI is InChI=1S/C12H11O.C5H5.Fe/c13-12(11-8-4-5-9-11)10-6-2-1-3-7-10;1-2-4-5-3-1;/h1-9,12-13H;1-5H;/q2*-1;+2. The summed E-state index contributed by atoms with van der Waals surface area (Å²) in [5.74, 6) is 0. The third kappa shape index (κ3) is 4.88. The summed E-state index contributed by atoms with van der Waals surface area (Å²) in [5, 5.41) is 9.88. The van der Waals surface area contributed by atoms with E-state index in [1.807, 2.05) is 84.9 Å². The Morgan fingerprint density at radius 2 is 1.47 bits per heavy atom. The number of aliphatic hydroxyl groups excluding tert-OH is 1. The summed E-state index contributed by atoms with van der Waals surface area (Å²) in [7, 11) is 0. The zero-order valence-corrected chi connectivity index (χ0v) is 11.6. The third-order valence-corrected chi connectivity index (χ3v) is 2.68. The van der Waals surface area contributed by atoms with E-state index in [0.717, 1.165) is 11.1 Å². The van der Waals surface area contributed by atoms with Crippen LogP contribution in [-0.2, 0) is 17.1 Å². The molecule has 19 heavy (non-hydrogen) atoms. The molecule has 0 aliphatic carbocycles. The van der Waals surface area contributed by atoms with Gasteiger partial charge in [0.2, 0.25) is 0 Å². The summed E-state index contributed by atoms with van der Waals surface area (Å²) in [4.78, 5) is 0. The Labute approximate surface area is 124 Å². The minimum absolute atomic E-state index is 0. The van der Waals surface area contributed by atoms with Crippen LogP contribution < -0.4 is 0 Å². The molecule has 1 unspecified atom stereocenters. The molecule has 0 saturated carbocycles. The van der Waals surface area contributed by atoms with Crippen LogP contribution >= 0.6 is 0 Å². The summed E-state index contributed by atoms with van der Waals surface area (Å²) >= 11 is 0. The predicted molar refractivity (Wildman–Crippen MR) is 74.6 cm³/mol. The molecule has 0 spiro atoms. The maximum atomic E-state index is 9.88. The van der Waals surface area contributed by atoms with Crippen LogP contribution in [-0.4, -0.2) is 5.11 Å². The summed E-state index contributed by atoms with van der Waals surface area (Å²) in [6.45, 7) is 0. The number of rotatable bonds is 2. The van der Waals surface area contributed by atoms with Gasteiger partial charge < -0.3 is 5.11 Å². The van der Waals surface area contributed by atoms with Gasteiger partial charge in [0.25, 0.3) is 0 Å². The Bertz CT molecular complexity index is 494. The van der Waals surface area contributed by atoms with Crippen molar-refractivity contribution in [1.82, 2.24) is 0 Å². The maximum absolute atomic E-state index is 9.88. The van der Waals surface area contributed by atoms with E-state index in [0.29, 0.717) is 0 Å². The van der Waals surface area contributed by atoms with Crippen LogP contribution in [0, 0.1) is 0 Å². The van der Waals surface area contributed by atoms with Crippen molar-refractivity contribution in [1.29, 1.82) is 0 Å². The Balaban J connectivity index is 0.000000256. The van der Waals surface area contributed by atoms with Gasteiger partial charge in [-0.2, -0.15) is 30.3 Å². The van der Waals surface area contributed by atoms with Gasteiger partial charge in [0.05, 0.1) is 6.10 Å². The van der Waals surface area contributed by atoms with E-state index in [9.17, 15) is 5.11 Å². The molecule has 0 aromatic heterocycles. The Morgan fingerprint density at radius 3 is 1.95 bits per heavy atom. The van der Waals surface area contributed by atoms with Crippen LogP contribution in [0.5, 0.6) is 0 Å². The van der Waals surface area contributed by atoms with Gasteiger partial charge in [0.1, 0.15) is 0 Å². The molecule has 0 fully saturated rings. The zero-order valence-electron chi connectivity index (χ0n) is 10.5. The average Bonchev–Trinajstić information content (AvgIpc) is 3.14. The topological polar surface area (TPSA) is 20.2 Å². The molecular formula is C17H16FeO. The van der Waals surface area contributed by atoms with E-state index >= 15 is 0 Å². The molecule has 1 nitrogen and oxygen atoms in total. The van der Waals surface area contributed by atoms with Crippen molar-refractivity contribution in [2.45, 2.75) is 6.10 Å². The summed E-state index contributed by atoms with van der Waals surface area (Å²) < 4.78 is 0. The smallest absolute Gasteiger partial charge is 0.386 e. The van der Waals surface area contributed by atoms with Crippen molar-refractivity contribution in [3.8, 4) is 0 Å². The molecule has 3 aromatic carbocycles. The molecule has 0 saturated heterocycles. The van der Waals surface area contributed by atoms with E-state index in [1.54, 1.807) is 0 Å². The largest absolute Gasteiger partial charge is 2.00 e. The molecule has 0 amide bonds. The zero-order chi connectivity index (χ0) is 12.6. The first-order chi connectivity index (χ1) is 8.88. The molecular weight excluding hydrogens is 276 g/mol. The minimum Gasteiger partial charge on any atom is -0.386 e. The molecule has 1 N–H and O–H groups in total. The molecule has 0 bridgehead atoms. The summed E-state index contributed by atoms with van der Waals surface area (Å²) in [6.07, 6.45) is -0.490. The third-order valence-electron chi connectivity index (χ3n) is 2.68. The fraction of sp³-hybridized carbons (Fsp3) is 0.0588. The van der Waals surface area contributed by atoms with Gasteiger partial charge in [-0.3, -0.25) is 0 Å². The van der Waals surface area contributed by atoms with Crippen LogP contribution in [0.25, 0.3) is 0 Å². The predicted octanol–water partition coefficient (Wildman–Crippen LogP) is 3.89. The van der Waals surface area contributed by atoms with Crippen molar-refractivity contribution in [3.63, 3.8) is 0 Å². The monoisotopic (exact) mass is 292 g/mol. The SMILES string of the molecule is OC(c1ccccc1)c1ccc[cH-]1.[Fe+2].c1cc[cH-]c1. The fourth-order valence-electron chi connectivity index (χ4n) is 1.72. The second kappa shape index (κ2) is 8.49. The van der Waals surface area contributed by atoms with Gasteiger partial charge in [0.15, 0.2) is 0 Å². The second-order valence-electron chi connectivity index (χ2n) is 3.99. The van der Waals surface area contributed by atoms with Gasteiger partial charge in [-0.05, 0) is 5.56 Å². The molecule has 3 rings (SSSR count). The van der Waals surface area contributed by atoms with Crippen LogP contribution in [0.4, 0.5) is 0 Å². The molecule has 0 aliphatic heterocycles. The molecule has 0 aliphatic rings. The van der Waals surface area contributed by atoms with Crippen molar-refractivity contribution in [2.75, 3.05) is 0 Å². The Morgan fingerprint density at radius 1 is 0.789 bits per heavy atom. The van der Waals surface area contributed by atoms with Crippen LogP contribution in [0.1, 0.15) is 17.2 Å². The number of benzene rings is 1. The molecule has 0 radical (unpaired) electrons. The first-order valence-electron chi connectivity index (χ1n) is 5.99. The number of hydrogen-bond donors (Lipinski definition) is 1. The Kier molecular flexibility index (Phi) is 6.91. The average molecular weight is 292 g/mol. The van der Waals surface area contributed by atoms with Crippen molar-refractivity contribution < 1.29 is 22.2 Å². The van der Waals surface area contributed by atoms with Crippen molar-refractivity contribution >= 4 is 0 Å². The van der Waals surface area contributed by atoms with Crippen LogP contribution in [0.15, 0.2) is 84.9 Å². The normalized spacial score (nSPS) is 10.8. The second-order valence-corrected chi connectivity index (χ2v) is 3.99. The molecule has 3 aromatic rings.